The number of nitrogens with zero attached hydrogens (tertiary/aromatic N) is 1. The van der Waals surface area contributed by atoms with Gasteiger partial charge in [-0.15, -0.1) is 0 Å². The van der Waals surface area contributed by atoms with Crippen LogP contribution in [-0.4, -0.2) is 20.6 Å². The third-order valence-corrected chi connectivity index (χ3v) is 8.98. The van der Waals surface area contributed by atoms with Gasteiger partial charge in [-0.1, -0.05) is 62.2 Å². The quantitative estimate of drug-likeness (QED) is 0.303. The van der Waals surface area contributed by atoms with Gasteiger partial charge in [-0.3, -0.25) is 0 Å². The fourth-order valence-electron chi connectivity index (χ4n) is 1.84. The van der Waals surface area contributed by atoms with Crippen LogP contribution >= 0.6 is 0 Å². The van der Waals surface area contributed by atoms with Crippen molar-refractivity contribution in [3.05, 3.63) is 60.1 Å². The van der Waals surface area contributed by atoms with Crippen molar-refractivity contribution < 1.29 is 13.7 Å². The molecule has 0 fully saturated rings. The molecule has 0 saturated heterocycles. The van der Waals surface area contributed by atoms with E-state index in [1.54, 1.807) is 12.3 Å². The molecule has 0 saturated carbocycles. The smallest absolute Gasteiger partial charge is 0.195 e. The van der Waals surface area contributed by atoms with E-state index in [2.05, 4.69) is 50.9 Å². The van der Waals surface area contributed by atoms with Gasteiger partial charge in [0.1, 0.15) is 6.61 Å². The highest BCUT2D eigenvalue weighted by molar-refractivity contribution is 6.74. The van der Waals surface area contributed by atoms with E-state index >= 15 is 0 Å². The molecule has 1 aromatic carbocycles. The summed E-state index contributed by atoms with van der Waals surface area (Å²) in [5, 5.41) is 4.31. The maximum atomic E-state index is 6.07. The normalized spacial score (nSPS) is 12.4. The Morgan fingerprint density at radius 2 is 1.85 bits per heavy atom. The van der Waals surface area contributed by atoms with Crippen LogP contribution < -0.4 is 0 Å². The SMILES string of the molecule is CC(C)(C)[Si](C)(C)OCC#C/C(=N\OCc1ccccc1)c1ccco1. The summed E-state index contributed by atoms with van der Waals surface area (Å²) in [5.41, 5.74) is 1.51. The van der Waals surface area contributed by atoms with Gasteiger partial charge >= 0.3 is 0 Å². The summed E-state index contributed by atoms with van der Waals surface area (Å²) in [6.07, 6.45) is 1.59. The third kappa shape index (κ3) is 5.90. The molecule has 1 aromatic heterocycles. The van der Waals surface area contributed by atoms with Crippen molar-refractivity contribution in [3.63, 3.8) is 0 Å². The van der Waals surface area contributed by atoms with Crippen molar-refractivity contribution in [2.45, 2.75) is 45.5 Å². The first-order valence-electron chi connectivity index (χ1n) is 8.70. The number of benzene rings is 1. The highest BCUT2D eigenvalue weighted by Crippen LogP contribution is 2.36. The summed E-state index contributed by atoms with van der Waals surface area (Å²) in [4.78, 5) is 5.45. The summed E-state index contributed by atoms with van der Waals surface area (Å²) in [6, 6.07) is 13.5. The highest BCUT2D eigenvalue weighted by Gasteiger charge is 2.36. The summed E-state index contributed by atoms with van der Waals surface area (Å²) in [5.74, 6) is 6.63. The largest absolute Gasteiger partial charge is 0.462 e. The Bertz CT molecular complexity index is 763. The Labute approximate surface area is 157 Å². The molecular weight excluding hydrogens is 342 g/mol. The molecule has 0 aliphatic heterocycles. The minimum Gasteiger partial charge on any atom is -0.462 e. The Kier molecular flexibility index (Phi) is 6.84. The van der Waals surface area contributed by atoms with Gasteiger partial charge in [0.2, 0.25) is 0 Å². The summed E-state index contributed by atoms with van der Waals surface area (Å²) in [6.45, 7) is 11.8. The molecule has 26 heavy (non-hydrogen) atoms. The number of furan rings is 1. The van der Waals surface area contributed by atoms with Crippen molar-refractivity contribution >= 4 is 14.0 Å². The van der Waals surface area contributed by atoms with Gasteiger partial charge in [-0.05, 0) is 41.7 Å². The molecule has 138 valence electrons. The van der Waals surface area contributed by atoms with Crippen molar-refractivity contribution in [3.8, 4) is 11.8 Å². The van der Waals surface area contributed by atoms with E-state index in [0.29, 0.717) is 24.7 Å². The average Bonchev–Trinajstić information content (AvgIpc) is 3.11. The van der Waals surface area contributed by atoms with Gasteiger partial charge in [-0.2, -0.15) is 0 Å². The van der Waals surface area contributed by atoms with E-state index in [9.17, 15) is 0 Å². The zero-order chi connectivity index (χ0) is 19.0. The first kappa shape index (κ1) is 20.0. The molecule has 0 amide bonds. The van der Waals surface area contributed by atoms with E-state index in [1.807, 2.05) is 36.4 Å². The van der Waals surface area contributed by atoms with Gasteiger partial charge in [0.15, 0.2) is 19.8 Å². The first-order chi connectivity index (χ1) is 12.3. The van der Waals surface area contributed by atoms with Gasteiger partial charge in [-0.25, -0.2) is 0 Å². The van der Waals surface area contributed by atoms with Crippen molar-refractivity contribution in [1.29, 1.82) is 0 Å². The van der Waals surface area contributed by atoms with Crippen molar-refractivity contribution in [2.24, 2.45) is 5.16 Å². The molecule has 0 unspecified atom stereocenters. The molecule has 0 aliphatic carbocycles. The standard InChI is InChI=1S/C21H27NO3Si/c1-21(2,3)26(4,5)25-16-9-13-19(20-14-10-15-23-20)22-24-17-18-11-7-6-8-12-18/h6-8,10-12,14-15H,16-17H2,1-5H3/b22-19+. The van der Waals surface area contributed by atoms with Crippen LogP contribution in [0.1, 0.15) is 32.1 Å². The summed E-state index contributed by atoms with van der Waals surface area (Å²) >= 11 is 0. The molecule has 2 rings (SSSR count). The van der Waals surface area contributed by atoms with Gasteiger partial charge in [0.05, 0.1) is 12.9 Å². The van der Waals surface area contributed by atoms with E-state index < -0.39 is 8.32 Å². The van der Waals surface area contributed by atoms with Gasteiger partial charge in [0, 0.05) is 0 Å². The number of hydrogen-bond acceptors (Lipinski definition) is 4. The maximum Gasteiger partial charge on any atom is 0.195 e. The van der Waals surface area contributed by atoms with E-state index in [4.69, 9.17) is 13.7 Å². The molecule has 0 radical (unpaired) electrons. The lowest BCUT2D eigenvalue weighted by Gasteiger charge is -2.35. The van der Waals surface area contributed by atoms with Crippen LogP contribution in [0.3, 0.4) is 0 Å². The highest BCUT2D eigenvalue weighted by atomic mass is 28.4. The van der Waals surface area contributed by atoms with Crippen LogP contribution in [0.2, 0.25) is 18.1 Å². The van der Waals surface area contributed by atoms with E-state index in [1.165, 1.54) is 0 Å². The number of rotatable bonds is 6. The van der Waals surface area contributed by atoms with Crippen molar-refractivity contribution in [1.82, 2.24) is 0 Å². The predicted molar refractivity (Wildman–Crippen MR) is 107 cm³/mol. The molecule has 0 aliphatic rings. The van der Waals surface area contributed by atoms with E-state index in [0.717, 1.165) is 5.56 Å². The Hall–Kier alpha value is -2.29. The van der Waals surface area contributed by atoms with Crippen LogP contribution in [-0.2, 0) is 15.9 Å². The predicted octanol–water partition coefficient (Wildman–Crippen LogP) is 5.23. The minimum atomic E-state index is -1.81. The molecule has 0 atom stereocenters. The third-order valence-electron chi connectivity index (χ3n) is 4.50. The molecular formula is C21H27NO3Si. The van der Waals surface area contributed by atoms with Crippen LogP contribution in [0.15, 0.2) is 58.3 Å². The van der Waals surface area contributed by atoms with Crippen molar-refractivity contribution in [2.75, 3.05) is 6.61 Å². The Morgan fingerprint density at radius 3 is 2.46 bits per heavy atom. The molecule has 0 bridgehead atoms. The fourth-order valence-corrected chi connectivity index (χ4v) is 2.71. The molecule has 2 aromatic rings. The number of hydrogen-bond donors (Lipinski definition) is 0. The zero-order valence-corrected chi connectivity index (χ0v) is 17.2. The van der Waals surface area contributed by atoms with Gasteiger partial charge in [0.25, 0.3) is 0 Å². The minimum absolute atomic E-state index is 0.158. The average molecular weight is 370 g/mol. The molecule has 5 heteroatoms. The fraction of sp³-hybridized carbons (Fsp3) is 0.381. The molecule has 4 nitrogen and oxygen atoms in total. The maximum absolute atomic E-state index is 6.07. The van der Waals surface area contributed by atoms with Crippen LogP contribution in [0.5, 0.6) is 0 Å². The second-order valence-corrected chi connectivity index (χ2v) is 12.3. The van der Waals surface area contributed by atoms with E-state index in [-0.39, 0.29) is 5.04 Å². The lowest BCUT2D eigenvalue weighted by Crippen LogP contribution is -2.40. The van der Waals surface area contributed by atoms with Crippen LogP contribution in [0.25, 0.3) is 0 Å². The van der Waals surface area contributed by atoms with Crippen LogP contribution in [0, 0.1) is 11.8 Å². The zero-order valence-electron chi connectivity index (χ0n) is 16.2. The number of oxime groups is 1. The van der Waals surface area contributed by atoms with Gasteiger partial charge < -0.3 is 13.7 Å². The topological polar surface area (TPSA) is 44.0 Å². The molecule has 0 spiro atoms. The first-order valence-corrected chi connectivity index (χ1v) is 11.6. The summed E-state index contributed by atoms with van der Waals surface area (Å²) in [7, 11) is -1.81. The molecule has 1 heterocycles. The Morgan fingerprint density at radius 1 is 1.12 bits per heavy atom. The molecule has 0 N–H and O–H groups in total. The van der Waals surface area contributed by atoms with Crippen LogP contribution in [0.4, 0.5) is 0 Å². The second-order valence-electron chi connectivity index (χ2n) is 7.53. The summed E-state index contributed by atoms with van der Waals surface area (Å²) < 4.78 is 11.5. The monoisotopic (exact) mass is 369 g/mol. The lowest BCUT2D eigenvalue weighted by molar-refractivity contribution is 0.131. The second kappa shape index (κ2) is 8.88. The Balaban J connectivity index is 2.02. The lowest BCUT2D eigenvalue weighted by atomic mass is 10.2.